The van der Waals surface area contributed by atoms with Crippen LogP contribution in [0.4, 0.5) is 0 Å². The molecule has 0 atom stereocenters. The Morgan fingerprint density at radius 1 is 0.296 bits per heavy atom. The van der Waals surface area contributed by atoms with Gasteiger partial charge in [0.05, 0.1) is 22.8 Å². The minimum Gasteiger partial charge on any atom is -0.260 e. The van der Waals surface area contributed by atoms with E-state index >= 15 is 0 Å². The second kappa shape index (κ2) is 28.4. The van der Waals surface area contributed by atoms with Crippen molar-refractivity contribution in [3.05, 3.63) is 211 Å². The molecule has 4 aromatic carbocycles. The van der Waals surface area contributed by atoms with Crippen LogP contribution in [0.2, 0.25) is 0 Å². The van der Waals surface area contributed by atoms with E-state index in [0.29, 0.717) is 0 Å². The van der Waals surface area contributed by atoms with Gasteiger partial charge < -0.3 is 0 Å². The highest BCUT2D eigenvalue weighted by Gasteiger charge is 2.23. The summed E-state index contributed by atoms with van der Waals surface area (Å²) in [6.45, 7) is 33.4. The normalized spacial score (nSPS) is 10.8. The summed E-state index contributed by atoms with van der Waals surface area (Å²) in [5.41, 5.74) is 32.5. The molecule has 0 aliphatic heterocycles. The maximum Gasteiger partial charge on any atom is 0.0526 e. The molecule has 0 amide bonds. The number of aromatic nitrogens is 4. The maximum atomic E-state index is 4.44. The highest BCUT2D eigenvalue weighted by molar-refractivity contribution is 5.80. The average molecular weight is 949 g/mol. The van der Waals surface area contributed by atoms with E-state index < -0.39 is 0 Å². The number of rotatable bonds is 0. The van der Waals surface area contributed by atoms with Crippen LogP contribution in [0.15, 0.2) is 122 Å². The Morgan fingerprint density at radius 3 is 1.08 bits per heavy atom. The fraction of sp³-hybridized carbons (Fsp3) is 0.343. The second-order valence-corrected chi connectivity index (χ2v) is 17.0. The number of nitrogens with zero attached hydrogens (tertiary/aromatic N) is 4. The monoisotopic (exact) mass is 949 g/mol. The fourth-order valence-corrected chi connectivity index (χ4v) is 9.28. The molecule has 71 heavy (non-hydrogen) atoms. The molecule has 0 saturated carbocycles. The van der Waals surface area contributed by atoms with E-state index in [9.17, 15) is 0 Å². The molecule has 0 radical (unpaired) electrons. The van der Waals surface area contributed by atoms with Gasteiger partial charge in [-0.3, -0.25) is 19.9 Å². The summed E-state index contributed by atoms with van der Waals surface area (Å²) < 4.78 is 0. The summed E-state index contributed by atoms with van der Waals surface area (Å²) in [5.74, 6) is 0. The van der Waals surface area contributed by atoms with Crippen molar-refractivity contribution in [1.29, 1.82) is 0 Å². The number of hydrogen-bond donors (Lipinski definition) is 0. The number of aryl methyl sites for hydroxylation is 6. The molecule has 12 rings (SSSR count). The zero-order valence-corrected chi connectivity index (χ0v) is 44.2. The van der Waals surface area contributed by atoms with Crippen molar-refractivity contribution >= 4 is 0 Å². The van der Waals surface area contributed by atoms with Gasteiger partial charge in [0.25, 0.3) is 0 Å². The van der Waals surface area contributed by atoms with Crippen LogP contribution in [-0.4, -0.2) is 19.9 Å². The first-order valence-corrected chi connectivity index (χ1v) is 25.2. The molecule has 8 aromatic rings. The van der Waals surface area contributed by atoms with Gasteiger partial charge in [-0.1, -0.05) is 150 Å². The molecule has 0 fully saturated rings. The first kappa shape index (κ1) is 60.6. The van der Waals surface area contributed by atoms with Crippen molar-refractivity contribution in [2.24, 2.45) is 0 Å². The molecular weight excluding hydrogens is 861 g/mol. The second-order valence-electron chi connectivity index (χ2n) is 17.0. The maximum absolute atomic E-state index is 4.44. The highest BCUT2D eigenvalue weighted by Crippen LogP contribution is 2.40. The number of fused-ring (bicyclic) bond motifs is 12. The molecule has 4 heteroatoms. The topological polar surface area (TPSA) is 51.6 Å². The molecule has 376 valence electrons. The quantitative estimate of drug-likeness (QED) is 0.152. The Balaban J connectivity index is 0.000000305. The molecule has 0 bridgehead atoms. The smallest absolute Gasteiger partial charge is 0.0526 e. The summed E-state index contributed by atoms with van der Waals surface area (Å²) in [6, 6.07) is 34.8. The molecule has 0 N–H and O–H groups in total. The van der Waals surface area contributed by atoms with Crippen LogP contribution in [0.1, 0.15) is 167 Å². The lowest BCUT2D eigenvalue weighted by Gasteiger charge is -2.07. The lowest BCUT2D eigenvalue weighted by atomic mass is 9.97. The van der Waals surface area contributed by atoms with Crippen LogP contribution >= 0.6 is 0 Å². The van der Waals surface area contributed by atoms with Gasteiger partial charge in [0.15, 0.2) is 0 Å². The van der Waals surface area contributed by atoms with Gasteiger partial charge in [-0.25, -0.2) is 0 Å². The Labute approximate surface area is 432 Å². The molecule has 4 aromatic heterocycles. The Bertz CT molecular complexity index is 2860. The minimum atomic E-state index is 0. The standard InChI is InChI=1S/4C14H13N.4C2H6.3CH4/c1-9-5-6-11-12-4-3-7-15-14(12)8-13(11)10(9)2;1-9-5-6-11-8-13-12(4-3-7-15-13)14(11)10(9)2;2*1-9-6-11-8-14-12(4-3-5-15-14)13(11)7-10(9)2;4*1-2;;;/h4*3-7H,8H2,1-2H3;4*1-2H3;3*1H4. The van der Waals surface area contributed by atoms with Gasteiger partial charge in [-0.05, 0) is 169 Å². The van der Waals surface area contributed by atoms with Crippen LogP contribution in [0.25, 0.3) is 44.5 Å². The average Bonchev–Trinajstić information content (AvgIpc) is 4.15. The largest absolute Gasteiger partial charge is 0.260 e. The van der Waals surface area contributed by atoms with E-state index in [1.54, 1.807) is 0 Å². The van der Waals surface area contributed by atoms with Crippen LogP contribution in [-0.2, 0) is 25.7 Å². The third-order valence-electron chi connectivity index (χ3n) is 13.2. The van der Waals surface area contributed by atoms with Crippen LogP contribution < -0.4 is 0 Å². The van der Waals surface area contributed by atoms with Crippen molar-refractivity contribution in [3.63, 3.8) is 0 Å². The van der Waals surface area contributed by atoms with Gasteiger partial charge in [0.1, 0.15) is 0 Å². The number of hydrogen-bond acceptors (Lipinski definition) is 4. The first-order valence-electron chi connectivity index (χ1n) is 25.2. The zero-order valence-electron chi connectivity index (χ0n) is 44.2. The molecule has 4 heterocycles. The minimum absolute atomic E-state index is 0. The summed E-state index contributed by atoms with van der Waals surface area (Å²) in [7, 11) is 0. The predicted octanol–water partition coefficient (Wildman–Crippen LogP) is 19.1. The van der Waals surface area contributed by atoms with Crippen molar-refractivity contribution < 1.29 is 0 Å². The van der Waals surface area contributed by atoms with E-state index in [1.165, 1.54) is 134 Å². The van der Waals surface area contributed by atoms with Crippen molar-refractivity contribution in [1.82, 2.24) is 19.9 Å². The number of pyridine rings is 4. The lowest BCUT2D eigenvalue weighted by molar-refractivity contribution is 1.10. The van der Waals surface area contributed by atoms with Gasteiger partial charge in [-0.2, -0.15) is 0 Å². The van der Waals surface area contributed by atoms with Crippen LogP contribution in [0, 0.1) is 55.4 Å². The molecule has 4 nitrogen and oxygen atoms in total. The Kier molecular flexibility index (Phi) is 24.2. The third kappa shape index (κ3) is 13.1. The van der Waals surface area contributed by atoms with E-state index in [0.717, 1.165) is 25.7 Å². The molecular formula is C67H88N4. The highest BCUT2D eigenvalue weighted by atomic mass is 14.7. The summed E-state index contributed by atoms with van der Waals surface area (Å²) >= 11 is 0. The van der Waals surface area contributed by atoms with Gasteiger partial charge in [0.2, 0.25) is 0 Å². The fourth-order valence-electron chi connectivity index (χ4n) is 9.28. The van der Waals surface area contributed by atoms with Crippen LogP contribution in [0.5, 0.6) is 0 Å². The zero-order chi connectivity index (χ0) is 49.7. The van der Waals surface area contributed by atoms with Crippen molar-refractivity contribution in [3.8, 4) is 44.5 Å². The van der Waals surface area contributed by atoms with Gasteiger partial charge >= 0.3 is 0 Å². The Hall–Kier alpha value is -6.52. The van der Waals surface area contributed by atoms with E-state index in [4.69, 9.17) is 0 Å². The predicted molar refractivity (Wildman–Crippen MR) is 313 cm³/mol. The number of benzene rings is 4. The lowest BCUT2D eigenvalue weighted by Crippen LogP contribution is -1.90. The van der Waals surface area contributed by atoms with Gasteiger partial charge in [-0.15, -0.1) is 0 Å². The molecule has 0 unspecified atom stereocenters. The Morgan fingerprint density at radius 2 is 0.634 bits per heavy atom. The van der Waals surface area contributed by atoms with E-state index in [2.05, 4.69) is 148 Å². The SMILES string of the molecule is C.C.C.CC.CC.CC.CC.Cc1cc2c(cc1C)-c1cccnc1C2.Cc1cc2c(cc1C)-c1cccnc1C2.Cc1ccc2c(c1C)-c1cccnc1C2.Cc1ccc2c(c1C)Cc1ncccc1-2. The summed E-state index contributed by atoms with van der Waals surface area (Å²) in [5, 5.41) is 0. The molecule has 4 aliphatic rings. The molecule has 4 aliphatic carbocycles. The van der Waals surface area contributed by atoms with Gasteiger partial charge in [0, 0.05) is 72.7 Å². The van der Waals surface area contributed by atoms with Crippen molar-refractivity contribution in [2.45, 2.75) is 159 Å². The summed E-state index contributed by atoms with van der Waals surface area (Å²) in [6.07, 6.45) is 11.5. The third-order valence-corrected chi connectivity index (χ3v) is 13.2. The molecule has 0 saturated heterocycles. The van der Waals surface area contributed by atoms with E-state index in [1.807, 2.05) is 104 Å². The van der Waals surface area contributed by atoms with Crippen LogP contribution in [0.3, 0.4) is 0 Å². The molecule has 0 spiro atoms. The van der Waals surface area contributed by atoms with E-state index in [-0.39, 0.29) is 22.3 Å². The first-order chi connectivity index (χ1) is 33.0. The summed E-state index contributed by atoms with van der Waals surface area (Å²) in [4.78, 5) is 17.8. The van der Waals surface area contributed by atoms with Crippen molar-refractivity contribution in [2.75, 3.05) is 0 Å².